The normalized spacial score (nSPS) is 18.7. The summed E-state index contributed by atoms with van der Waals surface area (Å²) in [4.78, 5) is 7.99. The SMILES string of the molecule is CCS(=O)(=O)NCC[C@H]1CN(Cc2scnc2C)Cc2ccnn21. The van der Waals surface area contributed by atoms with Gasteiger partial charge in [0.15, 0.2) is 0 Å². The van der Waals surface area contributed by atoms with Crippen LogP contribution in [-0.2, 0) is 23.1 Å². The van der Waals surface area contributed by atoms with Crippen molar-refractivity contribution in [3.63, 3.8) is 0 Å². The summed E-state index contributed by atoms with van der Waals surface area (Å²) in [6, 6.07) is 2.21. The molecule has 0 saturated heterocycles. The Labute approximate surface area is 146 Å². The van der Waals surface area contributed by atoms with Gasteiger partial charge in [-0.2, -0.15) is 5.10 Å². The van der Waals surface area contributed by atoms with Crippen molar-refractivity contribution >= 4 is 21.4 Å². The average molecular weight is 370 g/mol. The minimum atomic E-state index is -3.14. The lowest BCUT2D eigenvalue weighted by molar-refractivity contribution is 0.163. The van der Waals surface area contributed by atoms with Gasteiger partial charge in [0.2, 0.25) is 10.0 Å². The van der Waals surface area contributed by atoms with E-state index in [9.17, 15) is 8.42 Å². The van der Waals surface area contributed by atoms with Crippen LogP contribution in [0.5, 0.6) is 0 Å². The molecule has 0 fully saturated rings. The van der Waals surface area contributed by atoms with Crippen molar-refractivity contribution in [2.75, 3.05) is 18.8 Å². The summed E-state index contributed by atoms with van der Waals surface area (Å²) in [5.74, 6) is 0.113. The first-order chi connectivity index (χ1) is 11.5. The van der Waals surface area contributed by atoms with Crippen LogP contribution in [-0.4, -0.2) is 46.9 Å². The zero-order valence-electron chi connectivity index (χ0n) is 14.0. The predicted octanol–water partition coefficient (Wildman–Crippen LogP) is 1.53. The summed E-state index contributed by atoms with van der Waals surface area (Å²) in [6.07, 6.45) is 2.55. The van der Waals surface area contributed by atoms with Crippen molar-refractivity contribution in [1.82, 2.24) is 24.4 Å². The molecule has 2 aromatic heterocycles. The number of rotatable bonds is 7. The van der Waals surface area contributed by atoms with Gasteiger partial charge in [0.1, 0.15) is 0 Å². The minimum Gasteiger partial charge on any atom is -0.290 e. The van der Waals surface area contributed by atoms with E-state index in [0.717, 1.165) is 31.7 Å². The molecule has 0 spiro atoms. The third kappa shape index (κ3) is 4.02. The maximum absolute atomic E-state index is 11.6. The number of nitrogens with zero attached hydrogens (tertiary/aromatic N) is 4. The molecule has 0 saturated carbocycles. The number of aromatic nitrogens is 3. The number of hydrogen-bond acceptors (Lipinski definition) is 6. The zero-order valence-corrected chi connectivity index (χ0v) is 15.6. The topological polar surface area (TPSA) is 80.1 Å². The summed E-state index contributed by atoms with van der Waals surface area (Å²) >= 11 is 1.69. The molecular formula is C15H23N5O2S2. The quantitative estimate of drug-likeness (QED) is 0.801. The van der Waals surface area contributed by atoms with E-state index in [-0.39, 0.29) is 11.8 Å². The first-order valence-electron chi connectivity index (χ1n) is 8.09. The maximum atomic E-state index is 11.6. The molecule has 2 aromatic rings. The fourth-order valence-corrected chi connectivity index (χ4v) is 4.41. The van der Waals surface area contributed by atoms with Crippen molar-refractivity contribution in [2.24, 2.45) is 0 Å². The van der Waals surface area contributed by atoms with Crippen LogP contribution in [0.1, 0.15) is 35.7 Å². The van der Waals surface area contributed by atoms with Gasteiger partial charge in [-0.25, -0.2) is 18.1 Å². The molecule has 0 amide bonds. The van der Waals surface area contributed by atoms with E-state index in [0.29, 0.717) is 6.54 Å². The van der Waals surface area contributed by atoms with Crippen molar-refractivity contribution in [2.45, 2.75) is 39.4 Å². The summed E-state index contributed by atoms with van der Waals surface area (Å²) in [7, 11) is -3.14. The highest BCUT2D eigenvalue weighted by molar-refractivity contribution is 7.89. The second-order valence-corrected chi connectivity index (χ2v) is 9.07. The predicted molar refractivity (Wildman–Crippen MR) is 94.3 cm³/mol. The van der Waals surface area contributed by atoms with Crippen LogP contribution in [0, 0.1) is 6.92 Å². The molecule has 0 radical (unpaired) electrons. The molecule has 0 bridgehead atoms. The lowest BCUT2D eigenvalue weighted by Gasteiger charge is -2.33. The Morgan fingerprint density at radius 3 is 3.00 bits per heavy atom. The molecule has 7 nitrogen and oxygen atoms in total. The van der Waals surface area contributed by atoms with E-state index >= 15 is 0 Å². The summed E-state index contributed by atoms with van der Waals surface area (Å²) < 4.78 is 27.9. The van der Waals surface area contributed by atoms with Gasteiger partial charge in [-0.1, -0.05) is 0 Å². The van der Waals surface area contributed by atoms with E-state index in [1.165, 1.54) is 10.6 Å². The lowest BCUT2D eigenvalue weighted by Crippen LogP contribution is -2.39. The van der Waals surface area contributed by atoms with Crippen LogP contribution in [0.15, 0.2) is 17.8 Å². The van der Waals surface area contributed by atoms with E-state index in [1.807, 2.05) is 29.4 Å². The molecule has 24 heavy (non-hydrogen) atoms. The third-order valence-corrected chi connectivity index (χ3v) is 6.67. The largest absolute Gasteiger partial charge is 0.290 e. The molecule has 0 unspecified atom stereocenters. The average Bonchev–Trinajstić information content (AvgIpc) is 3.17. The van der Waals surface area contributed by atoms with E-state index in [2.05, 4.69) is 19.7 Å². The van der Waals surface area contributed by atoms with Crippen LogP contribution < -0.4 is 4.72 Å². The molecule has 3 rings (SSSR count). The lowest BCUT2D eigenvalue weighted by atomic mass is 10.1. The first-order valence-corrected chi connectivity index (χ1v) is 10.6. The number of nitrogens with one attached hydrogen (secondary N) is 1. The number of sulfonamides is 1. The van der Waals surface area contributed by atoms with Crippen LogP contribution >= 0.6 is 11.3 Å². The summed E-state index contributed by atoms with van der Waals surface area (Å²) in [6.45, 7) is 6.71. The van der Waals surface area contributed by atoms with Crippen LogP contribution in [0.4, 0.5) is 0 Å². The smallest absolute Gasteiger partial charge is 0.211 e. The number of aryl methyl sites for hydroxylation is 1. The number of thiazole rings is 1. The second-order valence-electron chi connectivity index (χ2n) is 6.04. The number of hydrogen-bond donors (Lipinski definition) is 1. The Balaban J connectivity index is 1.66. The maximum Gasteiger partial charge on any atom is 0.211 e. The fourth-order valence-electron chi connectivity index (χ4n) is 2.96. The first kappa shape index (κ1) is 17.5. The van der Waals surface area contributed by atoms with Gasteiger partial charge in [-0.05, 0) is 26.3 Å². The Morgan fingerprint density at radius 1 is 1.46 bits per heavy atom. The van der Waals surface area contributed by atoms with Crippen molar-refractivity contribution in [3.05, 3.63) is 34.0 Å². The van der Waals surface area contributed by atoms with Crippen molar-refractivity contribution in [3.8, 4) is 0 Å². The minimum absolute atomic E-state index is 0.113. The van der Waals surface area contributed by atoms with Gasteiger partial charge in [-0.3, -0.25) is 9.58 Å². The Kier molecular flexibility index (Phi) is 5.33. The molecule has 132 valence electrons. The van der Waals surface area contributed by atoms with Crippen LogP contribution in [0.2, 0.25) is 0 Å². The molecule has 1 aliphatic rings. The van der Waals surface area contributed by atoms with Gasteiger partial charge in [0.05, 0.1) is 28.7 Å². The highest BCUT2D eigenvalue weighted by atomic mass is 32.2. The van der Waals surface area contributed by atoms with E-state index in [4.69, 9.17) is 0 Å². The second kappa shape index (κ2) is 7.30. The van der Waals surface area contributed by atoms with Crippen molar-refractivity contribution < 1.29 is 8.42 Å². The summed E-state index contributed by atoms with van der Waals surface area (Å²) in [5.41, 5.74) is 4.15. The van der Waals surface area contributed by atoms with E-state index < -0.39 is 10.0 Å². The van der Waals surface area contributed by atoms with Crippen molar-refractivity contribution in [1.29, 1.82) is 0 Å². The summed E-state index contributed by atoms with van der Waals surface area (Å²) in [5, 5.41) is 4.43. The zero-order chi connectivity index (χ0) is 17.2. The molecule has 9 heteroatoms. The van der Waals surface area contributed by atoms with Gasteiger partial charge >= 0.3 is 0 Å². The Morgan fingerprint density at radius 2 is 2.29 bits per heavy atom. The monoisotopic (exact) mass is 369 g/mol. The van der Waals surface area contributed by atoms with E-state index in [1.54, 1.807) is 18.3 Å². The highest BCUT2D eigenvalue weighted by Crippen LogP contribution is 2.25. The van der Waals surface area contributed by atoms with Gasteiger partial charge in [-0.15, -0.1) is 11.3 Å². The van der Waals surface area contributed by atoms with Gasteiger partial charge < -0.3 is 0 Å². The molecular weight excluding hydrogens is 346 g/mol. The van der Waals surface area contributed by atoms with Gasteiger partial charge in [0.25, 0.3) is 0 Å². The highest BCUT2D eigenvalue weighted by Gasteiger charge is 2.26. The Bertz CT molecular complexity index is 783. The molecule has 1 N–H and O–H groups in total. The fraction of sp³-hybridized carbons (Fsp3) is 0.600. The van der Waals surface area contributed by atoms with Crippen LogP contribution in [0.25, 0.3) is 0 Å². The number of fused-ring (bicyclic) bond motifs is 1. The Hall–Kier alpha value is -1.29. The molecule has 0 aliphatic carbocycles. The molecule has 3 heterocycles. The molecule has 1 atom stereocenters. The molecule has 0 aromatic carbocycles. The molecule has 1 aliphatic heterocycles. The third-order valence-electron chi connectivity index (χ3n) is 4.34. The standard InChI is InChI=1S/C15H23N5O2S2/c1-3-24(21,22)18-7-5-14-9-19(8-13-4-6-17-20(13)14)10-15-12(2)16-11-23-15/h4,6,11,14,18H,3,5,7-10H2,1-2H3/t14-/m0/s1. The van der Waals surface area contributed by atoms with Crippen LogP contribution in [0.3, 0.4) is 0 Å². The van der Waals surface area contributed by atoms with Gasteiger partial charge in [0, 0.05) is 37.3 Å².